The molecule has 0 saturated carbocycles. The molecular formula is C11H16N4O3. The van der Waals surface area contributed by atoms with Gasteiger partial charge in [0.1, 0.15) is 5.82 Å². The molecule has 7 nitrogen and oxygen atoms in total. The van der Waals surface area contributed by atoms with Crippen LogP contribution in [0.15, 0.2) is 23.5 Å². The lowest BCUT2D eigenvalue weighted by molar-refractivity contribution is 0.00335. The maximum atomic E-state index is 9.12. The highest BCUT2D eigenvalue weighted by Gasteiger charge is 2.23. The van der Waals surface area contributed by atoms with Crippen molar-refractivity contribution in [3.05, 3.63) is 23.9 Å². The Morgan fingerprint density at radius 1 is 1.67 bits per heavy atom. The van der Waals surface area contributed by atoms with Gasteiger partial charge in [-0.15, -0.1) is 0 Å². The van der Waals surface area contributed by atoms with Crippen LogP contribution in [0, 0.1) is 0 Å². The topological polar surface area (TPSA) is 104 Å². The molecule has 7 heteroatoms. The smallest absolute Gasteiger partial charge is 0.173 e. The second-order valence-electron chi connectivity index (χ2n) is 3.98. The number of aliphatic hydroxyl groups excluding tert-OH is 1. The monoisotopic (exact) mass is 252 g/mol. The van der Waals surface area contributed by atoms with Gasteiger partial charge in [0, 0.05) is 19.3 Å². The molecule has 1 aromatic rings. The zero-order valence-electron chi connectivity index (χ0n) is 9.86. The van der Waals surface area contributed by atoms with E-state index < -0.39 is 0 Å². The molecule has 1 atom stereocenters. The summed E-state index contributed by atoms with van der Waals surface area (Å²) in [5, 5.41) is 20.9. The number of nitrogens with zero attached hydrogens (tertiary/aromatic N) is 3. The van der Waals surface area contributed by atoms with Gasteiger partial charge in [0.25, 0.3) is 0 Å². The lowest BCUT2D eigenvalue weighted by atomic mass is 10.2. The number of ether oxygens (including phenoxy) is 1. The third kappa shape index (κ3) is 2.52. The molecule has 0 spiro atoms. The lowest BCUT2D eigenvalue weighted by Gasteiger charge is -2.33. The van der Waals surface area contributed by atoms with Gasteiger partial charge in [-0.05, 0) is 12.1 Å². The molecular weight excluding hydrogens is 236 g/mol. The van der Waals surface area contributed by atoms with E-state index in [0.717, 1.165) is 0 Å². The summed E-state index contributed by atoms with van der Waals surface area (Å²) in [6, 6.07) is 3.46. The molecule has 1 unspecified atom stereocenters. The summed E-state index contributed by atoms with van der Waals surface area (Å²) in [7, 11) is 0. The van der Waals surface area contributed by atoms with Gasteiger partial charge in [-0.1, -0.05) is 5.16 Å². The zero-order valence-corrected chi connectivity index (χ0v) is 9.86. The van der Waals surface area contributed by atoms with Crippen molar-refractivity contribution in [2.75, 3.05) is 31.2 Å². The van der Waals surface area contributed by atoms with E-state index in [1.165, 1.54) is 0 Å². The van der Waals surface area contributed by atoms with Gasteiger partial charge >= 0.3 is 0 Å². The maximum Gasteiger partial charge on any atom is 0.173 e. The third-order valence-electron chi connectivity index (χ3n) is 2.81. The van der Waals surface area contributed by atoms with Crippen molar-refractivity contribution >= 4 is 11.7 Å². The van der Waals surface area contributed by atoms with Gasteiger partial charge in [0.2, 0.25) is 0 Å². The Morgan fingerprint density at radius 2 is 2.50 bits per heavy atom. The minimum absolute atomic E-state index is 0.0186. The van der Waals surface area contributed by atoms with Gasteiger partial charge in [-0.3, -0.25) is 0 Å². The molecule has 2 heterocycles. The Morgan fingerprint density at radius 3 is 3.22 bits per heavy atom. The molecule has 0 bridgehead atoms. The number of pyridine rings is 1. The molecule has 0 amide bonds. The fourth-order valence-corrected chi connectivity index (χ4v) is 1.92. The quantitative estimate of drug-likeness (QED) is 0.286. The number of anilines is 1. The van der Waals surface area contributed by atoms with E-state index in [2.05, 4.69) is 10.1 Å². The Labute approximate surface area is 104 Å². The van der Waals surface area contributed by atoms with Crippen LogP contribution in [0.5, 0.6) is 0 Å². The summed E-state index contributed by atoms with van der Waals surface area (Å²) >= 11 is 0. The molecule has 0 aliphatic carbocycles. The van der Waals surface area contributed by atoms with E-state index >= 15 is 0 Å². The summed E-state index contributed by atoms with van der Waals surface area (Å²) in [4.78, 5) is 6.21. The molecule has 1 saturated heterocycles. The second kappa shape index (κ2) is 5.65. The highest BCUT2D eigenvalue weighted by Crippen LogP contribution is 2.19. The van der Waals surface area contributed by atoms with Gasteiger partial charge in [0.15, 0.2) is 5.84 Å². The molecule has 98 valence electrons. The van der Waals surface area contributed by atoms with Crippen LogP contribution in [0.4, 0.5) is 5.82 Å². The molecule has 0 radical (unpaired) electrons. The first kappa shape index (κ1) is 12.6. The van der Waals surface area contributed by atoms with E-state index in [4.69, 9.17) is 20.8 Å². The standard InChI is InChI=1S/C11H16N4O3/c12-10(14-17)9-2-1-3-13-11(9)15-4-5-18-8(6-15)7-16/h1-3,8,16-17H,4-7H2,(H2,12,14). The molecule has 1 fully saturated rings. The minimum Gasteiger partial charge on any atom is -0.409 e. The van der Waals surface area contributed by atoms with Crippen LogP contribution in [-0.4, -0.2) is 53.5 Å². The minimum atomic E-state index is -0.235. The second-order valence-corrected chi connectivity index (χ2v) is 3.98. The van der Waals surface area contributed by atoms with Crippen molar-refractivity contribution in [2.45, 2.75) is 6.10 Å². The number of morpholine rings is 1. The normalized spacial score (nSPS) is 21.1. The van der Waals surface area contributed by atoms with E-state index in [1.54, 1.807) is 18.3 Å². The maximum absolute atomic E-state index is 9.12. The average Bonchev–Trinajstić information content (AvgIpc) is 2.46. The van der Waals surface area contributed by atoms with Crippen molar-refractivity contribution in [1.82, 2.24) is 4.98 Å². The molecule has 2 rings (SSSR count). The number of oxime groups is 1. The summed E-state index contributed by atoms with van der Waals surface area (Å²) in [5.41, 5.74) is 6.19. The summed E-state index contributed by atoms with van der Waals surface area (Å²) in [6.45, 7) is 1.65. The predicted molar refractivity (Wildman–Crippen MR) is 65.8 cm³/mol. The van der Waals surface area contributed by atoms with Crippen LogP contribution in [0.1, 0.15) is 5.56 Å². The van der Waals surface area contributed by atoms with Crippen LogP contribution in [0.2, 0.25) is 0 Å². The molecule has 4 N–H and O–H groups in total. The van der Waals surface area contributed by atoms with E-state index in [-0.39, 0.29) is 18.5 Å². The van der Waals surface area contributed by atoms with Crippen LogP contribution in [-0.2, 0) is 4.74 Å². The van der Waals surface area contributed by atoms with Crippen LogP contribution in [0.25, 0.3) is 0 Å². The first-order valence-corrected chi connectivity index (χ1v) is 5.66. The van der Waals surface area contributed by atoms with Crippen molar-refractivity contribution < 1.29 is 15.1 Å². The summed E-state index contributed by atoms with van der Waals surface area (Å²) in [6.07, 6.45) is 1.41. The molecule has 1 aliphatic heterocycles. The Balaban J connectivity index is 2.27. The van der Waals surface area contributed by atoms with Gasteiger partial charge < -0.3 is 25.7 Å². The van der Waals surface area contributed by atoms with E-state index in [9.17, 15) is 0 Å². The number of amidine groups is 1. The molecule has 0 aromatic carbocycles. The summed E-state index contributed by atoms with van der Waals surface area (Å²) in [5.74, 6) is 0.652. The van der Waals surface area contributed by atoms with Crippen molar-refractivity contribution in [3.63, 3.8) is 0 Å². The highest BCUT2D eigenvalue weighted by molar-refractivity contribution is 6.01. The summed E-state index contributed by atoms with van der Waals surface area (Å²) < 4.78 is 5.38. The number of rotatable bonds is 3. The Hall–Kier alpha value is -1.86. The Bertz CT molecular complexity index is 438. The largest absolute Gasteiger partial charge is 0.409 e. The molecule has 18 heavy (non-hydrogen) atoms. The molecule has 1 aliphatic rings. The highest BCUT2D eigenvalue weighted by atomic mass is 16.5. The van der Waals surface area contributed by atoms with Crippen molar-refractivity contribution in [3.8, 4) is 0 Å². The number of aliphatic hydroxyl groups is 1. The number of aromatic nitrogens is 1. The Kier molecular flexibility index (Phi) is 3.96. The SMILES string of the molecule is N/C(=N/O)c1cccnc1N1CCOC(CO)C1. The van der Waals surface area contributed by atoms with Crippen LogP contribution < -0.4 is 10.6 Å². The van der Waals surface area contributed by atoms with Gasteiger partial charge in [0.05, 0.1) is 24.9 Å². The fraction of sp³-hybridized carbons (Fsp3) is 0.455. The van der Waals surface area contributed by atoms with Gasteiger partial charge in [-0.25, -0.2) is 4.98 Å². The van der Waals surface area contributed by atoms with Crippen molar-refractivity contribution in [1.29, 1.82) is 0 Å². The predicted octanol–water partition coefficient (Wildman–Crippen LogP) is -0.626. The fourth-order valence-electron chi connectivity index (χ4n) is 1.92. The van der Waals surface area contributed by atoms with Gasteiger partial charge in [-0.2, -0.15) is 0 Å². The lowest BCUT2D eigenvalue weighted by Crippen LogP contribution is -2.45. The first-order chi connectivity index (χ1) is 8.76. The first-order valence-electron chi connectivity index (χ1n) is 5.66. The number of hydrogen-bond donors (Lipinski definition) is 3. The average molecular weight is 252 g/mol. The van der Waals surface area contributed by atoms with Crippen molar-refractivity contribution in [2.24, 2.45) is 10.9 Å². The number of nitrogens with two attached hydrogens (primary N) is 1. The van der Waals surface area contributed by atoms with Crippen LogP contribution >= 0.6 is 0 Å². The van der Waals surface area contributed by atoms with E-state index in [1.807, 2.05) is 4.90 Å². The molecule has 1 aromatic heterocycles. The third-order valence-corrected chi connectivity index (χ3v) is 2.81. The zero-order chi connectivity index (χ0) is 13.0. The van der Waals surface area contributed by atoms with Crippen LogP contribution in [0.3, 0.4) is 0 Å². The number of hydrogen-bond acceptors (Lipinski definition) is 6. The van der Waals surface area contributed by atoms with E-state index in [0.29, 0.717) is 31.1 Å².